The molecule has 0 aliphatic rings. The van der Waals surface area contributed by atoms with Gasteiger partial charge in [0.2, 0.25) is 5.91 Å². The summed E-state index contributed by atoms with van der Waals surface area (Å²) in [6.07, 6.45) is 1.31. The molecular weight excluding hydrogens is 492 g/mol. The molecule has 0 fully saturated rings. The van der Waals surface area contributed by atoms with Gasteiger partial charge in [-0.25, -0.2) is 0 Å². The zero-order chi connectivity index (χ0) is 23.7. The Balaban J connectivity index is 2.22. The number of ether oxygens (including phenoxy) is 1. The molecule has 0 aliphatic heterocycles. The number of benzene rings is 2. The predicted octanol–water partition coefficient (Wildman–Crippen LogP) is 5.94. The maximum atomic E-state index is 13.3. The molecule has 0 unspecified atom stereocenters. The van der Waals surface area contributed by atoms with Crippen LogP contribution in [0.5, 0.6) is 5.75 Å². The number of hydrogen-bond donors (Lipinski definition) is 1. The van der Waals surface area contributed by atoms with Gasteiger partial charge in [0.15, 0.2) is 6.61 Å². The third-order valence-corrected chi connectivity index (χ3v) is 6.20. The van der Waals surface area contributed by atoms with E-state index in [4.69, 9.17) is 16.3 Å². The number of nitrogens with zero attached hydrogens (tertiary/aromatic N) is 1. The van der Waals surface area contributed by atoms with Crippen LogP contribution in [0.1, 0.15) is 57.6 Å². The number of halogens is 2. The average molecular weight is 524 g/mol. The predicted molar refractivity (Wildman–Crippen MR) is 133 cm³/mol. The molecule has 7 heteroatoms. The van der Waals surface area contributed by atoms with Crippen molar-refractivity contribution >= 4 is 39.3 Å². The molecule has 0 radical (unpaired) electrons. The molecule has 2 amide bonds. The number of carbonyl (C=O) groups is 2. The van der Waals surface area contributed by atoms with Crippen molar-refractivity contribution in [2.24, 2.45) is 0 Å². The van der Waals surface area contributed by atoms with Crippen LogP contribution in [0.4, 0.5) is 0 Å². The highest BCUT2D eigenvalue weighted by atomic mass is 79.9. The zero-order valence-electron chi connectivity index (χ0n) is 19.2. The quantitative estimate of drug-likeness (QED) is 0.397. The van der Waals surface area contributed by atoms with Crippen LogP contribution >= 0.6 is 27.5 Å². The van der Waals surface area contributed by atoms with Crippen molar-refractivity contribution < 1.29 is 14.3 Å². The minimum Gasteiger partial charge on any atom is -0.483 e. The van der Waals surface area contributed by atoms with E-state index in [0.717, 1.165) is 16.5 Å². The lowest BCUT2D eigenvalue weighted by molar-refractivity contribution is -0.143. The Morgan fingerprint density at radius 2 is 1.88 bits per heavy atom. The van der Waals surface area contributed by atoms with Crippen molar-refractivity contribution in [2.75, 3.05) is 13.2 Å². The molecular formula is C25H32BrClN2O3. The summed E-state index contributed by atoms with van der Waals surface area (Å²) in [5, 5.41) is 3.46. The second-order valence-electron chi connectivity index (χ2n) is 7.96. The van der Waals surface area contributed by atoms with Gasteiger partial charge in [-0.05, 0) is 64.0 Å². The van der Waals surface area contributed by atoms with Crippen molar-refractivity contribution in [2.45, 2.75) is 59.0 Å². The molecule has 1 atom stereocenters. The number of nitrogens with one attached hydrogen (secondary N) is 1. The Bertz CT molecular complexity index is 920. The van der Waals surface area contributed by atoms with Crippen LogP contribution in [0, 0.1) is 0 Å². The summed E-state index contributed by atoms with van der Waals surface area (Å²) in [7, 11) is 0. The molecule has 1 N–H and O–H groups in total. The maximum absolute atomic E-state index is 13.3. The van der Waals surface area contributed by atoms with E-state index in [2.05, 4.69) is 35.1 Å². The van der Waals surface area contributed by atoms with Gasteiger partial charge in [-0.1, -0.05) is 63.6 Å². The van der Waals surface area contributed by atoms with Crippen LogP contribution in [0.25, 0.3) is 0 Å². The van der Waals surface area contributed by atoms with Gasteiger partial charge < -0.3 is 15.0 Å². The molecule has 0 spiro atoms. The minimum absolute atomic E-state index is 0.169. The fourth-order valence-electron chi connectivity index (χ4n) is 3.31. The van der Waals surface area contributed by atoms with Crippen molar-refractivity contribution in [3.63, 3.8) is 0 Å². The Hall–Kier alpha value is -2.05. The van der Waals surface area contributed by atoms with Crippen molar-refractivity contribution in [3.8, 4) is 5.75 Å². The highest BCUT2D eigenvalue weighted by Crippen LogP contribution is 2.29. The minimum atomic E-state index is -0.610. The third kappa shape index (κ3) is 7.24. The molecule has 2 aromatic rings. The van der Waals surface area contributed by atoms with Crippen LogP contribution in [-0.4, -0.2) is 35.9 Å². The zero-order valence-corrected chi connectivity index (χ0v) is 21.5. The number of hydrogen-bond acceptors (Lipinski definition) is 3. The summed E-state index contributed by atoms with van der Waals surface area (Å²) in [5.74, 6) is 0.532. The summed E-state index contributed by atoms with van der Waals surface area (Å²) in [4.78, 5) is 27.6. The Labute approximate surface area is 204 Å². The molecule has 2 rings (SSSR count). The highest BCUT2D eigenvalue weighted by molar-refractivity contribution is 9.10. The molecule has 0 aromatic heterocycles. The van der Waals surface area contributed by atoms with Gasteiger partial charge in [0.1, 0.15) is 11.8 Å². The highest BCUT2D eigenvalue weighted by Gasteiger charge is 2.29. The molecule has 5 nitrogen and oxygen atoms in total. The lowest BCUT2D eigenvalue weighted by Gasteiger charge is -2.31. The van der Waals surface area contributed by atoms with Crippen LogP contribution in [-0.2, 0) is 16.1 Å². The van der Waals surface area contributed by atoms with Crippen LogP contribution < -0.4 is 10.1 Å². The first-order chi connectivity index (χ1) is 15.3. The molecule has 0 aliphatic carbocycles. The van der Waals surface area contributed by atoms with Crippen LogP contribution in [0.2, 0.25) is 5.02 Å². The summed E-state index contributed by atoms with van der Waals surface area (Å²) in [6.45, 7) is 8.74. The average Bonchev–Trinajstić information content (AvgIpc) is 2.77. The Kier molecular flexibility index (Phi) is 10.5. The van der Waals surface area contributed by atoms with E-state index in [9.17, 15) is 9.59 Å². The summed E-state index contributed by atoms with van der Waals surface area (Å²) in [6, 6.07) is 12.6. The maximum Gasteiger partial charge on any atom is 0.261 e. The smallest absolute Gasteiger partial charge is 0.261 e. The molecule has 32 heavy (non-hydrogen) atoms. The number of amides is 2. The molecule has 2 aromatic carbocycles. The van der Waals surface area contributed by atoms with Gasteiger partial charge in [-0.2, -0.15) is 0 Å². The van der Waals surface area contributed by atoms with Crippen molar-refractivity contribution in [1.29, 1.82) is 0 Å². The van der Waals surface area contributed by atoms with Crippen LogP contribution in [0.3, 0.4) is 0 Å². The van der Waals surface area contributed by atoms with Crippen LogP contribution in [0.15, 0.2) is 46.9 Å². The fraction of sp³-hybridized carbons (Fsp3) is 0.440. The van der Waals surface area contributed by atoms with Gasteiger partial charge in [-0.3, -0.25) is 9.59 Å². The first kappa shape index (κ1) is 26.2. The first-order valence-corrected chi connectivity index (χ1v) is 12.2. The summed E-state index contributed by atoms with van der Waals surface area (Å²) >= 11 is 9.87. The van der Waals surface area contributed by atoms with E-state index in [1.54, 1.807) is 11.0 Å². The van der Waals surface area contributed by atoms with Crippen molar-refractivity contribution in [3.05, 3.63) is 63.1 Å². The number of carbonyl (C=O) groups excluding carboxylic acids is 2. The molecule has 0 bridgehead atoms. The SMILES string of the molecule is CCCNC(=O)[C@H](CC)N(Cc1ccccc1Cl)C(=O)COc1ccc(C(C)C)cc1Br. The van der Waals surface area contributed by atoms with Gasteiger partial charge in [0.25, 0.3) is 5.91 Å². The second kappa shape index (κ2) is 12.9. The van der Waals surface area contributed by atoms with E-state index in [1.807, 2.05) is 50.2 Å². The van der Waals surface area contributed by atoms with Crippen molar-refractivity contribution in [1.82, 2.24) is 10.2 Å². The lowest BCUT2D eigenvalue weighted by Crippen LogP contribution is -2.50. The normalized spacial score (nSPS) is 11.8. The van der Waals surface area contributed by atoms with Gasteiger partial charge in [0, 0.05) is 18.1 Å². The molecule has 0 heterocycles. The largest absolute Gasteiger partial charge is 0.483 e. The topological polar surface area (TPSA) is 58.6 Å². The Morgan fingerprint density at radius 1 is 1.16 bits per heavy atom. The summed E-state index contributed by atoms with van der Waals surface area (Å²) in [5.41, 5.74) is 1.96. The lowest BCUT2D eigenvalue weighted by atomic mass is 10.0. The molecule has 0 saturated carbocycles. The fourth-order valence-corrected chi connectivity index (χ4v) is 4.02. The first-order valence-electron chi connectivity index (χ1n) is 11.0. The molecule has 174 valence electrons. The Morgan fingerprint density at radius 3 is 2.47 bits per heavy atom. The van der Waals surface area contributed by atoms with Gasteiger partial charge in [0.05, 0.1) is 4.47 Å². The van der Waals surface area contributed by atoms with Gasteiger partial charge >= 0.3 is 0 Å². The standard InChI is InChI=1S/C25H32BrClN2O3/c1-5-13-28-25(31)22(6-2)29(15-19-9-7-8-10-21(19)27)24(30)16-32-23-12-11-18(17(3)4)14-20(23)26/h7-12,14,17,22H,5-6,13,15-16H2,1-4H3,(H,28,31)/t22-/m0/s1. The summed E-state index contributed by atoms with van der Waals surface area (Å²) < 4.78 is 6.63. The third-order valence-electron chi connectivity index (χ3n) is 5.21. The van der Waals surface area contributed by atoms with E-state index in [1.165, 1.54) is 5.56 Å². The van der Waals surface area contributed by atoms with E-state index in [-0.39, 0.29) is 25.0 Å². The second-order valence-corrected chi connectivity index (χ2v) is 9.22. The molecule has 0 saturated heterocycles. The van der Waals surface area contributed by atoms with E-state index >= 15 is 0 Å². The number of rotatable bonds is 11. The monoisotopic (exact) mass is 522 g/mol. The van der Waals surface area contributed by atoms with Gasteiger partial charge in [-0.15, -0.1) is 0 Å². The van der Waals surface area contributed by atoms with E-state index in [0.29, 0.717) is 29.7 Å². The van der Waals surface area contributed by atoms with E-state index < -0.39 is 6.04 Å².